The van der Waals surface area contributed by atoms with E-state index in [0.29, 0.717) is 33.9 Å². The summed E-state index contributed by atoms with van der Waals surface area (Å²) >= 11 is 8.55. The van der Waals surface area contributed by atoms with Gasteiger partial charge in [-0.2, -0.15) is 0 Å². The van der Waals surface area contributed by atoms with Gasteiger partial charge in [-0.3, -0.25) is 24.1 Å². The quantitative estimate of drug-likeness (QED) is 0.137. The van der Waals surface area contributed by atoms with Crippen molar-refractivity contribution in [3.05, 3.63) is 134 Å². The summed E-state index contributed by atoms with van der Waals surface area (Å²) in [6, 6.07) is 30.1. The molecule has 8 rings (SSSR count). The highest BCUT2D eigenvalue weighted by molar-refractivity contribution is 14.1. The third-order valence-corrected chi connectivity index (χ3v) is 11.5. The minimum Gasteiger partial charge on any atom is -0.508 e. The van der Waals surface area contributed by atoms with Gasteiger partial charge in [0.25, 0.3) is 0 Å². The van der Waals surface area contributed by atoms with E-state index in [0.717, 1.165) is 9.14 Å². The number of amides is 4. The molecule has 0 aromatic heterocycles. The Hall–Kier alpha value is -4.28. The van der Waals surface area contributed by atoms with Crippen LogP contribution in [0, 0.1) is 27.2 Å². The number of carbonyl (C=O) groups is 4. The molecule has 7 nitrogen and oxygen atoms in total. The molecule has 2 aliphatic heterocycles. The second-order valence-electron chi connectivity index (χ2n) is 12.6. The first-order valence-corrected chi connectivity index (χ1v) is 17.0. The van der Waals surface area contributed by atoms with Crippen LogP contribution in [0.5, 0.6) is 5.75 Å². The van der Waals surface area contributed by atoms with E-state index < -0.39 is 46.8 Å². The molecule has 0 bridgehead atoms. The first-order chi connectivity index (χ1) is 22.7. The first-order valence-electron chi connectivity index (χ1n) is 15.5. The SMILES string of the molecule is O=C1[C@H]2[C@H](CC=C3[C@H]2C[C@H]2C(=O)N(c4cccc(Cl)c4)C(=O)[C@@]2(c2ccccc2)[C@H]3c2ccccc2O)C(=O)N1c1ccc(I)cc1. The van der Waals surface area contributed by atoms with Crippen molar-refractivity contribution >= 4 is 69.2 Å². The Labute approximate surface area is 290 Å². The summed E-state index contributed by atoms with van der Waals surface area (Å²) in [5.41, 5.74) is 1.39. The maximum atomic E-state index is 15.2. The maximum absolute atomic E-state index is 15.2. The fourth-order valence-electron chi connectivity index (χ4n) is 8.66. The number of rotatable bonds is 4. The zero-order valence-corrected chi connectivity index (χ0v) is 27.8. The van der Waals surface area contributed by atoms with E-state index in [1.807, 2.05) is 48.5 Å². The van der Waals surface area contributed by atoms with Gasteiger partial charge in [0.2, 0.25) is 23.6 Å². The maximum Gasteiger partial charge on any atom is 0.246 e. The number of phenolic OH excluding ortho intramolecular Hbond substituents is 1. The van der Waals surface area contributed by atoms with Gasteiger partial charge >= 0.3 is 0 Å². The van der Waals surface area contributed by atoms with Crippen LogP contribution >= 0.6 is 34.2 Å². The molecule has 6 atom stereocenters. The topological polar surface area (TPSA) is 95.0 Å². The Morgan fingerprint density at radius 3 is 2.19 bits per heavy atom. The molecule has 2 heterocycles. The van der Waals surface area contributed by atoms with E-state index in [-0.39, 0.29) is 24.0 Å². The van der Waals surface area contributed by atoms with Crippen LogP contribution in [-0.4, -0.2) is 28.7 Å². The number of nitrogens with zero attached hydrogens (tertiary/aromatic N) is 2. The van der Waals surface area contributed by atoms with Gasteiger partial charge in [-0.15, -0.1) is 0 Å². The van der Waals surface area contributed by atoms with Gasteiger partial charge in [0.05, 0.1) is 34.5 Å². The molecule has 3 fully saturated rings. The minimum absolute atomic E-state index is 0.00831. The van der Waals surface area contributed by atoms with Crippen molar-refractivity contribution in [2.24, 2.45) is 23.7 Å². The molecule has 234 valence electrons. The summed E-state index contributed by atoms with van der Waals surface area (Å²) in [5, 5.41) is 11.8. The van der Waals surface area contributed by atoms with Gasteiger partial charge in [0.1, 0.15) is 5.75 Å². The van der Waals surface area contributed by atoms with E-state index in [9.17, 15) is 19.5 Å². The minimum atomic E-state index is -1.43. The van der Waals surface area contributed by atoms with Crippen molar-refractivity contribution in [3.8, 4) is 5.75 Å². The number of hydrogen-bond donors (Lipinski definition) is 1. The fourth-order valence-corrected chi connectivity index (χ4v) is 9.21. The molecule has 9 heteroatoms. The van der Waals surface area contributed by atoms with E-state index in [2.05, 4.69) is 22.6 Å². The molecule has 4 aromatic rings. The summed E-state index contributed by atoms with van der Waals surface area (Å²) in [6.07, 6.45) is 2.49. The number of imide groups is 2. The van der Waals surface area contributed by atoms with Crippen LogP contribution in [0.25, 0.3) is 0 Å². The average Bonchev–Trinajstić information content (AvgIpc) is 3.46. The smallest absolute Gasteiger partial charge is 0.246 e. The van der Waals surface area contributed by atoms with Crippen LogP contribution in [0.3, 0.4) is 0 Å². The lowest BCUT2D eigenvalue weighted by molar-refractivity contribution is -0.127. The van der Waals surface area contributed by atoms with Crippen molar-refractivity contribution < 1.29 is 24.3 Å². The summed E-state index contributed by atoms with van der Waals surface area (Å²) in [5.74, 6) is -4.88. The molecule has 2 saturated heterocycles. The highest BCUT2D eigenvalue weighted by Gasteiger charge is 2.70. The number of phenols is 1. The zero-order chi connectivity index (χ0) is 32.6. The second kappa shape index (κ2) is 11.2. The zero-order valence-electron chi connectivity index (χ0n) is 24.9. The summed E-state index contributed by atoms with van der Waals surface area (Å²) < 4.78 is 0.982. The third kappa shape index (κ3) is 4.30. The molecular formula is C38H28ClIN2O5. The summed E-state index contributed by atoms with van der Waals surface area (Å²) in [7, 11) is 0. The molecule has 0 radical (unpaired) electrons. The Bertz CT molecular complexity index is 2010. The summed E-state index contributed by atoms with van der Waals surface area (Å²) in [4.78, 5) is 60.7. The molecule has 2 aliphatic carbocycles. The molecule has 4 aromatic carbocycles. The summed E-state index contributed by atoms with van der Waals surface area (Å²) in [6.45, 7) is 0. The molecule has 1 saturated carbocycles. The van der Waals surface area contributed by atoms with Gasteiger partial charge in [0.15, 0.2) is 0 Å². The van der Waals surface area contributed by atoms with Crippen molar-refractivity contribution in [2.45, 2.75) is 24.2 Å². The van der Waals surface area contributed by atoms with Gasteiger partial charge in [-0.1, -0.05) is 77.8 Å². The van der Waals surface area contributed by atoms with Gasteiger partial charge in [-0.05, 0) is 95.4 Å². The first kappa shape index (κ1) is 30.1. The Morgan fingerprint density at radius 2 is 1.47 bits per heavy atom. The van der Waals surface area contributed by atoms with Crippen molar-refractivity contribution in [1.82, 2.24) is 0 Å². The van der Waals surface area contributed by atoms with E-state index in [4.69, 9.17) is 11.6 Å². The normalized spacial score (nSPS) is 28.2. The number of carbonyl (C=O) groups excluding carboxylic acids is 4. The number of aromatic hydroxyl groups is 1. The Morgan fingerprint density at radius 1 is 0.745 bits per heavy atom. The van der Waals surface area contributed by atoms with Crippen LogP contribution < -0.4 is 9.80 Å². The molecule has 4 aliphatic rings. The molecule has 0 unspecified atom stereocenters. The van der Waals surface area contributed by atoms with Gasteiger partial charge in [0, 0.05) is 20.1 Å². The molecule has 1 N–H and O–H groups in total. The molecular weight excluding hydrogens is 727 g/mol. The lowest BCUT2D eigenvalue weighted by Crippen LogP contribution is -2.53. The molecule has 4 amide bonds. The van der Waals surface area contributed by atoms with Gasteiger partial charge < -0.3 is 5.11 Å². The highest BCUT2D eigenvalue weighted by Crippen LogP contribution is 2.65. The Balaban J connectivity index is 1.35. The molecule has 0 spiro atoms. The predicted octanol–water partition coefficient (Wildman–Crippen LogP) is 7.02. The van der Waals surface area contributed by atoms with E-state index >= 15 is 4.79 Å². The van der Waals surface area contributed by atoms with Crippen molar-refractivity contribution in [3.63, 3.8) is 0 Å². The lowest BCUT2D eigenvalue weighted by Gasteiger charge is -2.50. The van der Waals surface area contributed by atoms with Crippen LogP contribution in [0.4, 0.5) is 11.4 Å². The third-order valence-electron chi connectivity index (χ3n) is 10.5. The van der Waals surface area contributed by atoms with Crippen molar-refractivity contribution in [1.29, 1.82) is 0 Å². The number of fused-ring (bicyclic) bond motifs is 4. The van der Waals surface area contributed by atoms with Crippen molar-refractivity contribution in [2.75, 3.05) is 9.80 Å². The number of anilines is 2. The number of para-hydroxylation sites is 1. The average molecular weight is 755 g/mol. The second-order valence-corrected chi connectivity index (χ2v) is 14.3. The number of benzene rings is 4. The van der Waals surface area contributed by atoms with E-state index in [1.165, 1.54) is 9.80 Å². The fraction of sp³-hybridized carbons (Fsp3) is 0.211. The van der Waals surface area contributed by atoms with Crippen LogP contribution in [-0.2, 0) is 24.6 Å². The number of hydrogen-bond acceptors (Lipinski definition) is 5. The van der Waals surface area contributed by atoms with Crippen LogP contribution in [0.1, 0.15) is 29.9 Å². The number of allylic oxidation sites excluding steroid dienone is 2. The predicted molar refractivity (Wildman–Crippen MR) is 186 cm³/mol. The largest absolute Gasteiger partial charge is 0.508 e. The lowest BCUT2D eigenvalue weighted by atomic mass is 9.49. The Kier molecular flexibility index (Phi) is 7.14. The highest BCUT2D eigenvalue weighted by atomic mass is 127. The van der Waals surface area contributed by atoms with Crippen LogP contribution in [0.15, 0.2) is 115 Å². The molecule has 47 heavy (non-hydrogen) atoms. The van der Waals surface area contributed by atoms with Gasteiger partial charge in [-0.25, -0.2) is 4.90 Å². The standard InChI is InChI=1S/C38H28ClIN2O5/c39-22-9-6-10-25(19-22)42-35(45)30-20-29-26(17-18-28-32(29)36(46)41(34(28)44)24-15-13-23(40)14-16-24)33(27-11-4-5-12-31(27)43)38(30,37(42)47)21-7-2-1-3-8-21/h1-17,19,28-30,32-33,43H,18,20H2/t28-,29+,30-,32-,33+,38+/m0/s1. The monoisotopic (exact) mass is 754 g/mol. The number of halogens is 2. The van der Waals surface area contributed by atoms with E-state index in [1.54, 1.807) is 60.7 Å². The van der Waals surface area contributed by atoms with Crippen LogP contribution in [0.2, 0.25) is 5.02 Å².